The van der Waals surface area contributed by atoms with E-state index < -0.39 is 0 Å². The predicted octanol–water partition coefficient (Wildman–Crippen LogP) is 2.54. The largest absolute Gasteiger partial charge is 0.305 e. The number of rotatable bonds is 5. The van der Waals surface area contributed by atoms with Crippen molar-refractivity contribution in [2.45, 2.75) is 6.42 Å². The highest BCUT2D eigenvalue weighted by Gasteiger charge is 1.98. The molecule has 0 saturated heterocycles. The Bertz CT molecular complexity index is 260. The number of alkyl halides is 1. The number of benzene rings is 1. The van der Waals surface area contributed by atoms with Crippen LogP contribution in [0.15, 0.2) is 24.3 Å². The third-order valence-electron chi connectivity index (χ3n) is 2.16. The molecule has 0 N–H and O–H groups in total. The van der Waals surface area contributed by atoms with Crippen LogP contribution in [0.2, 0.25) is 0 Å². The van der Waals surface area contributed by atoms with E-state index in [4.69, 9.17) is 11.6 Å². The van der Waals surface area contributed by atoms with Crippen LogP contribution in [0.4, 0.5) is 4.39 Å². The van der Waals surface area contributed by atoms with Crippen LogP contribution in [0.25, 0.3) is 0 Å². The predicted molar refractivity (Wildman–Crippen MR) is 58.3 cm³/mol. The van der Waals surface area contributed by atoms with Crippen molar-refractivity contribution in [1.29, 1.82) is 0 Å². The van der Waals surface area contributed by atoms with Crippen LogP contribution < -0.4 is 0 Å². The minimum atomic E-state index is -0.178. The average molecular weight is 216 g/mol. The highest BCUT2D eigenvalue weighted by molar-refractivity contribution is 6.18. The molecular weight excluding hydrogens is 201 g/mol. The number of likely N-dealkylation sites (N-methyl/N-ethyl adjacent to an activating group) is 1. The van der Waals surface area contributed by atoms with Crippen molar-refractivity contribution >= 4 is 11.6 Å². The van der Waals surface area contributed by atoms with Gasteiger partial charge in [-0.3, -0.25) is 0 Å². The molecule has 0 saturated carbocycles. The summed E-state index contributed by atoms with van der Waals surface area (Å²) in [5.41, 5.74) is 1.16. The van der Waals surface area contributed by atoms with Crippen molar-refractivity contribution in [2.75, 3.05) is 26.0 Å². The lowest BCUT2D eigenvalue weighted by molar-refractivity contribution is 0.359. The zero-order valence-electron chi connectivity index (χ0n) is 8.34. The molecule has 0 aliphatic rings. The van der Waals surface area contributed by atoms with Gasteiger partial charge in [0.05, 0.1) is 0 Å². The Balaban J connectivity index is 2.34. The number of halogens is 2. The summed E-state index contributed by atoms with van der Waals surface area (Å²) >= 11 is 5.61. The summed E-state index contributed by atoms with van der Waals surface area (Å²) in [6.07, 6.45) is 0.938. The first kappa shape index (κ1) is 11.5. The van der Waals surface area contributed by atoms with E-state index in [1.807, 2.05) is 19.2 Å². The molecule has 3 heteroatoms. The second kappa shape index (κ2) is 5.99. The highest BCUT2D eigenvalue weighted by Crippen LogP contribution is 2.03. The number of hydrogen-bond acceptors (Lipinski definition) is 1. The molecule has 0 heterocycles. The Morgan fingerprint density at radius 2 is 1.86 bits per heavy atom. The Labute approximate surface area is 89.5 Å². The van der Waals surface area contributed by atoms with E-state index in [0.29, 0.717) is 5.88 Å². The van der Waals surface area contributed by atoms with Gasteiger partial charge in [0.2, 0.25) is 0 Å². The fourth-order valence-corrected chi connectivity index (χ4v) is 1.52. The second-order valence-electron chi connectivity index (χ2n) is 3.37. The molecule has 0 amide bonds. The van der Waals surface area contributed by atoms with Gasteiger partial charge in [-0.2, -0.15) is 0 Å². The summed E-state index contributed by atoms with van der Waals surface area (Å²) in [6.45, 7) is 1.85. The van der Waals surface area contributed by atoms with Gasteiger partial charge < -0.3 is 4.90 Å². The number of nitrogens with zero attached hydrogens (tertiary/aromatic N) is 1. The van der Waals surface area contributed by atoms with Crippen molar-refractivity contribution in [3.63, 3.8) is 0 Å². The van der Waals surface area contributed by atoms with Gasteiger partial charge in [0, 0.05) is 19.0 Å². The van der Waals surface area contributed by atoms with E-state index in [-0.39, 0.29) is 5.82 Å². The third-order valence-corrected chi connectivity index (χ3v) is 2.33. The fraction of sp³-hybridized carbons (Fsp3) is 0.455. The van der Waals surface area contributed by atoms with Crippen LogP contribution in [0, 0.1) is 5.82 Å². The van der Waals surface area contributed by atoms with Crippen molar-refractivity contribution in [3.8, 4) is 0 Å². The molecule has 1 aromatic rings. The third kappa shape index (κ3) is 4.07. The van der Waals surface area contributed by atoms with E-state index >= 15 is 0 Å². The highest BCUT2D eigenvalue weighted by atomic mass is 35.5. The summed E-state index contributed by atoms with van der Waals surface area (Å²) in [5, 5.41) is 0. The topological polar surface area (TPSA) is 3.24 Å². The average Bonchev–Trinajstić information content (AvgIpc) is 2.17. The summed E-state index contributed by atoms with van der Waals surface area (Å²) in [6, 6.07) is 6.64. The van der Waals surface area contributed by atoms with Crippen LogP contribution in [0.5, 0.6) is 0 Å². The van der Waals surface area contributed by atoms with Gasteiger partial charge in [-0.15, -0.1) is 11.6 Å². The van der Waals surface area contributed by atoms with E-state index in [1.54, 1.807) is 0 Å². The van der Waals surface area contributed by atoms with Crippen molar-refractivity contribution in [3.05, 3.63) is 35.6 Å². The van der Waals surface area contributed by atoms with E-state index in [1.165, 1.54) is 12.1 Å². The zero-order chi connectivity index (χ0) is 10.4. The molecule has 14 heavy (non-hydrogen) atoms. The molecule has 0 aliphatic heterocycles. The maximum absolute atomic E-state index is 12.6. The summed E-state index contributed by atoms with van der Waals surface area (Å²) < 4.78 is 12.6. The molecule has 0 bridgehead atoms. The molecule has 1 aromatic carbocycles. The van der Waals surface area contributed by atoms with E-state index in [2.05, 4.69) is 4.90 Å². The van der Waals surface area contributed by atoms with Crippen molar-refractivity contribution < 1.29 is 4.39 Å². The molecule has 0 atom stereocenters. The van der Waals surface area contributed by atoms with Gasteiger partial charge in [0.25, 0.3) is 0 Å². The molecule has 78 valence electrons. The molecule has 0 spiro atoms. The van der Waals surface area contributed by atoms with Crippen molar-refractivity contribution in [1.82, 2.24) is 4.90 Å². The molecule has 0 unspecified atom stereocenters. The summed E-state index contributed by atoms with van der Waals surface area (Å²) in [5.74, 6) is 0.475. The lowest BCUT2D eigenvalue weighted by atomic mass is 10.1. The SMILES string of the molecule is CN(CCCl)CCc1ccc(F)cc1. The van der Waals surface area contributed by atoms with Gasteiger partial charge >= 0.3 is 0 Å². The lowest BCUT2D eigenvalue weighted by Gasteiger charge is -2.14. The van der Waals surface area contributed by atoms with Gasteiger partial charge in [-0.05, 0) is 31.2 Å². The first-order chi connectivity index (χ1) is 6.72. The minimum absolute atomic E-state index is 0.178. The molecule has 1 nitrogen and oxygen atoms in total. The normalized spacial score (nSPS) is 10.9. The molecule has 1 rings (SSSR count). The van der Waals surface area contributed by atoms with Crippen LogP contribution >= 0.6 is 11.6 Å². The van der Waals surface area contributed by atoms with Gasteiger partial charge in [-0.1, -0.05) is 12.1 Å². The fourth-order valence-electron chi connectivity index (χ4n) is 1.23. The second-order valence-corrected chi connectivity index (χ2v) is 3.75. The van der Waals surface area contributed by atoms with Gasteiger partial charge in [-0.25, -0.2) is 4.39 Å². The maximum atomic E-state index is 12.6. The first-order valence-corrected chi connectivity index (χ1v) is 5.25. The Morgan fingerprint density at radius 3 is 2.43 bits per heavy atom. The monoisotopic (exact) mass is 215 g/mol. The van der Waals surface area contributed by atoms with Gasteiger partial charge in [0.15, 0.2) is 0 Å². The first-order valence-electron chi connectivity index (χ1n) is 4.71. The van der Waals surface area contributed by atoms with Gasteiger partial charge in [0.1, 0.15) is 5.82 Å². The van der Waals surface area contributed by atoms with Crippen LogP contribution in [-0.4, -0.2) is 30.9 Å². The molecule has 0 radical (unpaired) electrons. The van der Waals surface area contributed by atoms with Crippen molar-refractivity contribution in [2.24, 2.45) is 0 Å². The Hall–Kier alpha value is -0.600. The Kier molecular flexibility index (Phi) is 4.91. The number of hydrogen-bond donors (Lipinski definition) is 0. The molecule has 0 aromatic heterocycles. The van der Waals surface area contributed by atoms with Crippen LogP contribution in [0.1, 0.15) is 5.56 Å². The molecule has 0 aliphatic carbocycles. The quantitative estimate of drug-likeness (QED) is 0.683. The Morgan fingerprint density at radius 1 is 1.21 bits per heavy atom. The summed E-state index contributed by atoms with van der Waals surface area (Å²) in [7, 11) is 2.03. The molecular formula is C11H15ClFN. The van der Waals surface area contributed by atoms with Crippen LogP contribution in [-0.2, 0) is 6.42 Å². The maximum Gasteiger partial charge on any atom is 0.123 e. The van der Waals surface area contributed by atoms with Crippen LogP contribution in [0.3, 0.4) is 0 Å². The molecule has 0 fully saturated rings. The van der Waals surface area contributed by atoms with E-state index in [9.17, 15) is 4.39 Å². The summed E-state index contributed by atoms with van der Waals surface area (Å²) in [4.78, 5) is 2.16. The standard InChI is InChI=1S/C11H15ClFN/c1-14(9-7-12)8-6-10-2-4-11(13)5-3-10/h2-5H,6-9H2,1H3. The zero-order valence-corrected chi connectivity index (χ0v) is 9.10. The minimum Gasteiger partial charge on any atom is -0.305 e. The van der Waals surface area contributed by atoms with E-state index in [0.717, 1.165) is 25.1 Å². The lowest BCUT2D eigenvalue weighted by Crippen LogP contribution is -2.23. The smallest absolute Gasteiger partial charge is 0.123 e.